The summed E-state index contributed by atoms with van der Waals surface area (Å²) in [6, 6.07) is 13.9. The lowest BCUT2D eigenvalue weighted by Crippen LogP contribution is -2.42. The van der Waals surface area contributed by atoms with Crippen LogP contribution in [0.15, 0.2) is 53.3 Å². The Morgan fingerprint density at radius 3 is 2.67 bits per heavy atom. The molecule has 1 unspecified atom stereocenters. The minimum Gasteiger partial charge on any atom is -0.323 e. The average molecular weight is 385 g/mol. The van der Waals surface area contributed by atoms with Gasteiger partial charge in [-0.15, -0.1) is 0 Å². The van der Waals surface area contributed by atoms with Gasteiger partial charge in [-0.05, 0) is 37.7 Å². The van der Waals surface area contributed by atoms with Crippen molar-refractivity contribution in [1.82, 2.24) is 14.9 Å². The number of aromatic amines is 1. The maximum atomic E-state index is 12.6. The number of carbonyl (C=O) groups excluding carboxylic acids is 1. The zero-order chi connectivity index (χ0) is 19.4. The third kappa shape index (κ3) is 4.35. The van der Waals surface area contributed by atoms with Crippen molar-refractivity contribution in [1.29, 1.82) is 0 Å². The van der Waals surface area contributed by atoms with Crippen LogP contribution in [0.5, 0.6) is 0 Å². The van der Waals surface area contributed by atoms with Gasteiger partial charge in [0.1, 0.15) is 5.82 Å². The number of aromatic nitrogens is 2. The number of para-hydroxylation sites is 2. The van der Waals surface area contributed by atoms with Crippen LogP contribution in [0.2, 0.25) is 5.02 Å². The number of amides is 1. The number of likely N-dealkylation sites (N-methyl/N-ethyl adjacent to an activating group) is 1. The Morgan fingerprint density at radius 2 is 1.93 bits per heavy atom. The lowest BCUT2D eigenvalue weighted by Gasteiger charge is -2.26. The zero-order valence-electron chi connectivity index (χ0n) is 15.2. The first-order valence-corrected chi connectivity index (χ1v) is 9.14. The Morgan fingerprint density at radius 1 is 1.22 bits per heavy atom. The maximum absolute atomic E-state index is 12.6. The molecule has 1 heterocycles. The molecule has 6 nitrogen and oxygen atoms in total. The van der Waals surface area contributed by atoms with Gasteiger partial charge in [0.2, 0.25) is 5.91 Å². The molecule has 140 valence electrons. The molecule has 1 aromatic heterocycles. The molecule has 3 aromatic rings. The van der Waals surface area contributed by atoms with E-state index in [1.807, 2.05) is 36.9 Å². The lowest BCUT2D eigenvalue weighted by molar-refractivity contribution is -0.120. The number of anilines is 1. The second-order valence-electron chi connectivity index (χ2n) is 6.24. The smallest absolute Gasteiger partial charge is 0.258 e. The van der Waals surface area contributed by atoms with E-state index in [9.17, 15) is 9.59 Å². The highest BCUT2D eigenvalue weighted by atomic mass is 35.5. The van der Waals surface area contributed by atoms with Crippen molar-refractivity contribution < 1.29 is 4.79 Å². The number of benzene rings is 2. The molecular weight excluding hydrogens is 364 g/mol. The molecule has 2 N–H and O–H groups in total. The van der Waals surface area contributed by atoms with Gasteiger partial charge in [-0.1, -0.05) is 42.8 Å². The van der Waals surface area contributed by atoms with E-state index in [0.29, 0.717) is 40.5 Å². The molecule has 27 heavy (non-hydrogen) atoms. The molecule has 0 bridgehead atoms. The zero-order valence-corrected chi connectivity index (χ0v) is 16.0. The minimum atomic E-state index is -0.428. The summed E-state index contributed by atoms with van der Waals surface area (Å²) in [5.41, 5.74) is 1.03. The first kappa shape index (κ1) is 19.1. The molecule has 0 saturated heterocycles. The van der Waals surface area contributed by atoms with Crippen LogP contribution >= 0.6 is 11.6 Å². The molecule has 0 saturated carbocycles. The molecule has 0 spiro atoms. The molecule has 1 amide bonds. The van der Waals surface area contributed by atoms with E-state index < -0.39 is 6.04 Å². The van der Waals surface area contributed by atoms with E-state index in [1.165, 1.54) is 0 Å². The summed E-state index contributed by atoms with van der Waals surface area (Å²) in [6.45, 7) is 4.74. The number of nitrogens with one attached hydrogen (secondary N) is 2. The molecule has 1 atom stereocenters. The fourth-order valence-electron chi connectivity index (χ4n) is 2.89. The largest absolute Gasteiger partial charge is 0.323 e. The molecule has 2 aromatic carbocycles. The molecule has 0 aliphatic heterocycles. The molecule has 3 rings (SSSR count). The molecule has 7 heteroatoms. The molecule has 0 fully saturated rings. The maximum Gasteiger partial charge on any atom is 0.258 e. The predicted octanol–water partition coefficient (Wildman–Crippen LogP) is 3.43. The van der Waals surface area contributed by atoms with Crippen LogP contribution < -0.4 is 10.9 Å². The Balaban J connectivity index is 1.77. The lowest BCUT2D eigenvalue weighted by atomic mass is 10.2. The fourth-order valence-corrected chi connectivity index (χ4v) is 3.07. The van der Waals surface area contributed by atoms with Crippen LogP contribution in [0, 0.1) is 0 Å². The standard InChI is InChI=1S/C20H21ClN4O2/c1-3-25(13(2)19(26)23-17-11-7-5-9-15(17)21)12-18-22-16-10-6-4-8-14(16)20(27)24-18/h4-11,13H,3,12H2,1-2H3,(H,23,26)(H,22,24,27). The normalized spacial score (nSPS) is 12.3. The highest BCUT2D eigenvalue weighted by Gasteiger charge is 2.22. The van der Waals surface area contributed by atoms with Crippen LogP contribution in [0.25, 0.3) is 10.9 Å². The SMILES string of the molecule is CCN(Cc1nc2ccccc2c(=O)[nH]1)C(C)C(=O)Nc1ccccc1Cl. The van der Waals surface area contributed by atoms with E-state index >= 15 is 0 Å². The van der Waals surface area contributed by atoms with Crippen molar-refractivity contribution >= 4 is 34.1 Å². The summed E-state index contributed by atoms with van der Waals surface area (Å²) in [5, 5.41) is 3.88. The Labute approximate surface area is 162 Å². The minimum absolute atomic E-state index is 0.173. The van der Waals surface area contributed by atoms with Crippen LogP contribution in [-0.2, 0) is 11.3 Å². The van der Waals surface area contributed by atoms with Gasteiger partial charge in [0.15, 0.2) is 0 Å². The number of halogens is 1. The molecule has 0 aliphatic rings. The summed E-state index contributed by atoms with van der Waals surface area (Å²) < 4.78 is 0. The van der Waals surface area contributed by atoms with Crippen molar-refractivity contribution in [2.45, 2.75) is 26.4 Å². The second-order valence-corrected chi connectivity index (χ2v) is 6.65. The quantitative estimate of drug-likeness (QED) is 0.682. The highest BCUT2D eigenvalue weighted by Crippen LogP contribution is 2.21. The van der Waals surface area contributed by atoms with Crippen molar-refractivity contribution in [2.24, 2.45) is 0 Å². The summed E-state index contributed by atoms with van der Waals surface area (Å²) in [7, 11) is 0. The van der Waals surface area contributed by atoms with Gasteiger partial charge in [0, 0.05) is 0 Å². The summed E-state index contributed by atoms with van der Waals surface area (Å²) in [4.78, 5) is 34.1. The van der Waals surface area contributed by atoms with Gasteiger partial charge in [-0.2, -0.15) is 0 Å². The van der Waals surface area contributed by atoms with E-state index in [-0.39, 0.29) is 11.5 Å². The number of fused-ring (bicyclic) bond motifs is 1. The summed E-state index contributed by atoms with van der Waals surface area (Å²) in [5.74, 6) is 0.353. The number of rotatable bonds is 6. The molecular formula is C20H21ClN4O2. The van der Waals surface area contributed by atoms with Crippen LogP contribution in [0.4, 0.5) is 5.69 Å². The number of H-pyrrole nitrogens is 1. The van der Waals surface area contributed by atoms with Crippen molar-refractivity contribution in [3.63, 3.8) is 0 Å². The van der Waals surface area contributed by atoms with Crippen molar-refractivity contribution in [3.05, 3.63) is 69.7 Å². The molecule has 0 aliphatic carbocycles. The first-order valence-electron chi connectivity index (χ1n) is 8.77. The Hall–Kier alpha value is -2.70. The number of carbonyl (C=O) groups is 1. The Kier molecular flexibility index (Phi) is 5.88. The van der Waals surface area contributed by atoms with Gasteiger partial charge in [0.25, 0.3) is 5.56 Å². The second kappa shape index (κ2) is 8.33. The van der Waals surface area contributed by atoms with Crippen LogP contribution in [0.3, 0.4) is 0 Å². The Bertz CT molecular complexity index is 1020. The monoisotopic (exact) mass is 384 g/mol. The van der Waals surface area contributed by atoms with Gasteiger partial charge in [-0.25, -0.2) is 4.98 Å². The van der Waals surface area contributed by atoms with Gasteiger partial charge in [-0.3, -0.25) is 14.5 Å². The predicted molar refractivity (Wildman–Crippen MR) is 108 cm³/mol. The van der Waals surface area contributed by atoms with Gasteiger partial charge < -0.3 is 10.3 Å². The summed E-state index contributed by atoms with van der Waals surface area (Å²) in [6.07, 6.45) is 0. The van der Waals surface area contributed by atoms with Crippen molar-refractivity contribution in [2.75, 3.05) is 11.9 Å². The third-order valence-corrected chi connectivity index (χ3v) is 4.81. The first-order chi connectivity index (χ1) is 13.0. The highest BCUT2D eigenvalue weighted by molar-refractivity contribution is 6.33. The summed E-state index contributed by atoms with van der Waals surface area (Å²) >= 11 is 6.11. The van der Waals surface area contributed by atoms with E-state index in [0.717, 1.165) is 0 Å². The van der Waals surface area contributed by atoms with Crippen LogP contribution in [-0.4, -0.2) is 33.4 Å². The number of hydrogen-bond donors (Lipinski definition) is 2. The van der Waals surface area contributed by atoms with Gasteiger partial charge >= 0.3 is 0 Å². The van der Waals surface area contributed by atoms with E-state index in [1.54, 1.807) is 30.3 Å². The van der Waals surface area contributed by atoms with Crippen LogP contribution in [0.1, 0.15) is 19.7 Å². The van der Waals surface area contributed by atoms with Gasteiger partial charge in [0.05, 0.1) is 34.2 Å². The number of hydrogen-bond acceptors (Lipinski definition) is 4. The fraction of sp³-hybridized carbons (Fsp3) is 0.250. The molecule has 0 radical (unpaired) electrons. The topological polar surface area (TPSA) is 78.1 Å². The number of nitrogens with zero attached hydrogens (tertiary/aromatic N) is 2. The third-order valence-electron chi connectivity index (χ3n) is 4.48. The average Bonchev–Trinajstić information content (AvgIpc) is 2.67. The van der Waals surface area contributed by atoms with E-state index in [2.05, 4.69) is 15.3 Å². The van der Waals surface area contributed by atoms with E-state index in [4.69, 9.17) is 11.6 Å². The van der Waals surface area contributed by atoms with Crippen molar-refractivity contribution in [3.8, 4) is 0 Å².